The maximum absolute atomic E-state index is 14.7. The lowest BCUT2D eigenvalue weighted by Crippen LogP contribution is -2.49. The molecule has 2 aliphatic rings. The van der Waals surface area contributed by atoms with Gasteiger partial charge in [-0.3, -0.25) is 19.8 Å². The first kappa shape index (κ1) is 28.9. The molecule has 0 aromatic heterocycles. The summed E-state index contributed by atoms with van der Waals surface area (Å²) in [6.07, 6.45) is -3.32. The number of ether oxygens (including phenoxy) is 1. The number of alkyl halides is 5. The van der Waals surface area contributed by atoms with E-state index in [1.54, 1.807) is 30.3 Å². The van der Waals surface area contributed by atoms with Gasteiger partial charge >= 0.3 is 12.1 Å². The standard InChI is InChI=1S/C27H29F6N3O3/c28-21-4-1-3-20(23(21)25(38)35-24(37)22-5-2-12-34-22)18-6-8-19(9-7-18)39-15-17-10-13-36(14-11-17)16-26(29,30)27(31,32)33/h1,3-4,6-9,17,22,34H,2,5,10-16H2,(H,35,37,38)/t22-/m0/s1. The third-order valence-electron chi connectivity index (χ3n) is 7.05. The molecule has 4 rings (SSSR count). The van der Waals surface area contributed by atoms with E-state index in [-0.39, 0.29) is 31.2 Å². The highest BCUT2D eigenvalue weighted by Crippen LogP contribution is 2.37. The van der Waals surface area contributed by atoms with Gasteiger partial charge in [0.2, 0.25) is 5.91 Å². The third-order valence-corrected chi connectivity index (χ3v) is 7.05. The number of hydrogen-bond acceptors (Lipinski definition) is 5. The van der Waals surface area contributed by atoms with Gasteiger partial charge in [-0.15, -0.1) is 0 Å². The van der Waals surface area contributed by atoms with Crippen molar-refractivity contribution in [2.45, 2.75) is 43.8 Å². The number of rotatable bonds is 8. The molecule has 2 aliphatic heterocycles. The van der Waals surface area contributed by atoms with Crippen molar-refractivity contribution in [2.75, 3.05) is 32.8 Å². The molecule has 2 aromatic carbocycles. The number of hydrogen-bond donors (Lipinski definition) is 2. The second kappa shape index (κ2) is 12.0. The Morgan fingerprint density at radius 2 is 1.69 bits per heavy atom. The van der Waals surface area contributed by atoms with E-state index in [9.17, 15) is 35.9 Å². The predicted molar refractivity (Wildman–Crippen MR) is 131 cm³/mol. The molecule has 2 fully saturated rings. The molecule has 2 N–H and O–H groups in total. The highest BCUT2D eigenvalue weighted by atomic mass is 19.4. The first-order valence-corrected chi connectivity index (χ1v) is 12.7. The van der Waals surface area contributed by atoms with Crippen LogP contribution in [-0.2, 0) is 4.79 Å². The molecule has 212 valence electrons. The zero-order valence-corrected chi connectivity index (χ0v) is 21.0. The second-order valence-corrected chi connectivity index (χ2v) is 9.89. The van der Waals surface area contributed by atoms with Gasteiger partial charge in [-0.2, -0.15) is 22.0 Å². The Balaban J connectivity index is 1.33. The molecule has 6 nitrogen and oxygen atoms in total. The van der Waals surface area contributed by atoms with E-state index in [4.69, 9.17) is 4.74 Å². The molecule has 12 heteroatoms. The number of piperidine rings is 1. The van der Waals surface area contributed by atoms with Crippen LogP contribution < -0.4 is 15.4 Å². The van der Waals surface area contributed by atoms with Crippen LogP contribution in [0.3, 0.4) is 0 Å². The third kappa shape index (κ3) is 7.10. The van der Waals surface area contributed by atoms with Crippen molar-refractivity contribution < 1.29 is 40.7 Å². The van der Waals surface area contributed by atoms with Crippen LogP contribution in [0.4, 0.5) is 26.3 Å². The molecule has 0 spiro atoms. The predicted octanol–water partition coefficient (Wildman–Crippen LogP) is 4.79. The monoisotopic (exact) mass is 557 g/mol. The molecule has 0 saturated carbocycles. The summed E-state index contributed by atoms with van der Waals surface area (Å²) in [5.41, 5.74) is 0.576. The number of halogens is 6. The summed E-state index contributed by atoms with van der Waals surface area (Å²) in [4.78, 5) is 26.2. The lowest BCUT2D eigenvalue weighted by molar-refractivity contribution is -0.287. The second-order valence-electron chi connectivity index (χ2n) is 9.89. The van der Waals surface area contributed by atoms with E-state index in [1.807, 2.05) is 0 Å². The van der Waals surface area contributed by atoms with E-state index in [2.05, 4.69) is 10.6 Å². The van der Waals surface area contributed by atoms with Crippen molar-refractivity contribution in [3.8, 4) is 16.9 Å². The van der Waals surface area contributed by atoms with Gasteiger partial charge in [-0.1, -0.05) is 24.3 Å². The summed E-state index contributed by atoms with van der Waals surface area (Å²) in [6.45, 7) is -0.193. The van der Waals surface area contributed by atoms with Crippen LogP contribution in [0.2, 0.25) is 0 Å². The number of carbonyl (C=O) groups excluding carboxylic acids is 2. The van der Waals surface area contributed by atoms with Crippen molar-refractivity contribution in [2.24, 2.45) is 5.92 Å². The molecule has 0 aliphatic carbocycles. The topological polar surface area (TPSA) is 70.7 Å². The van der Waals surface area contributed by atoms with E-state index >= 15 is 0 Å². The van der Waals surface area contributed by atoms with Crippen molar-refractivity contribution >= 4 is 11.8 Å². The van der Waals surface area contributed by atoms with Crippen LogP contribution >= 0.6 is 0 Å². The van der Waals surface area contributed by atoms with E-state index in [0.29, 0.717) is 42.7 Å². The van der Waals surface area contributed by atoms with Crippen LogP contribution in [0.1, 0.15) is 36.0 Å². The number of nitrogens with zero attached hydrogens (tertiary/aromatic N) is 1. The highest BCUT2D eigenvalue weighted by molar-refractivity contribution is 6.09. The van der Waals surface area contributed by atoms with Gasteiger partial charge in [0.25, 0.3) is 5.91 Å². The molecule has 2 saturated heterocycles. The van der Waals surface area contributed by atoms with Gasteiger partial charge in [-0.25, -0.2) is 4.39 Å². The SMILES string of the molecule is O=C(NC(=O)[C@@H]1CCCN1)c1c(F)cccc1-c1ccc(OCC2CCN(CC(F)(F)C(F)(F)F)CC2)cc1. The highest BCUT2D eigenvalue weighted by Gasteiger charge is 2.58. The minimum atomic E-state index is -5.57. The van der Waals surface area contributed by atoms with Crippen LogP contribution in [0.25, 0.3) is 11.1 Å². The van der Waals surface area contributed by atoms with Crippen molar-refractivity contribution in [3.05, 3.63) is 53.8 Å². The summed E-state index contributed by atoms with van der Waals surface area (Å²) in [6, 6.07) is 10.2. The summed E-state index contributed by atoms with van der Waals surface area (Å²) >= 11 is 0. The Labute approximate surface area is 221 Å². The summed E-state index contributed by atoms with van der Waals surface area (Å²) in [7, 11) is 0. The number of amides is 2. The molecule has 2 heterocycles. The van der Waals surface area contributed by atoms with Gasteiger partial charge in [0.05, 0.1) is 24.8 Å². The van der Waals surface area contributed by atoms with Crippen LogP contribution in [0, 0.1) is 11.7 Å². The van der Waals surface area contributed by atoms with Gasteiger partial charge in [-0.05, 0) is 80.6 Å². The fourth-order valence-corrected chi connectivity index (χ4v) is 4.79. The minimum Gasteiger partial charge on any atom is -0.493 e. The van der Waals surface area contributed by atoms with E-state index in [0.717, 1.165) is 17.4 Å². The fraction of sp³-hybridized carbons (Fsp3) is 0.481. The molecule has 1 atom stereocenters. The van der Waals surface area contributed by atoms with Crippen molar-refractivity contribution in [1.29, 1.82) is 0 Å². The Kier molecular flexibility index (Phi) is 8.85. The van der Waals surface area contributed by atoms with Gasteiger partial charge in [0.1, 0.15) is 11.6 Å². The normalized spacial score (nSPS) is 19.2. The van der Waals surface area contributed by atoms with Crippen molar-refractivity contribution in [1.82, 2.24) is 15.5 Å². The average molecular weight is 558 g/mol. The van der Waals surface area contributed by atoms with Gasteiger partial charge in [0.15, 0.2) is 0 Å². The molecular weight excluding hydrogens is 528 g/mol. The maximum Gasteiger partial charge on any atom is 0.454 e. The average Bonchev–Trinajstić information content (AvgIpc) is 3.43. The molecule has 39 heavy (non-hydrogen) atoms. The molecule has 0 radical (unpaired) electrons. The van der Waals surface area contributed by atoms with E-state index in [1.165, 1.54) is 6.07 Å². The number of nitrogens with one attached hydrogen (secondary N) is 2. The van der Waals surface area contributed by atoms with Crippen LogP contribution in [-0.4, -0.2) is 67.6 Å². The Morgan fingerprint density at radius 1 is 1.00 bits per heavy atom. The summed E-state index contributed by atoms with van der Waals surface area (Å²) in [5.74, 6) is -6.38. The largest absolute Gasteiger partial charge is 0.493 e. The first-order valence-electron chi connectivity index (χ1n) is 12.7. The Hall–Kier alpha value is -3.12. The summed E-state index contributed by atoms with van der Waals surface area (Å²) < 4.78 is 84.4. The van der Waals surface area contributed by atoms with Gasteiger partial charge in [0, 0.05) is 0 Å². The summed E-state index contributed by atoms with van der Waals surface area (Å²) in [5, 5.41) is 5.26. The zero-order valence-electron chi connectivity index (χ0n) is 21.0. The zero-order chi connectivity index (χ0) is 28.2. The smallest absolute Gasteiger partial charge is 0.454 e. The lowest BCUT2D eigenvalue weighted by atomic mass is 9.97. The lowest BCUT2D eigenvalue weighted by Gasteiger charge is -2.34. The molecular formula is C27H29F6N3O3. The number of imide groups is 1. The molecule has 2 amide bonds. The maximum atomic E-state index is 14.7. The Morgan fingerprint density at radius 3 is 2.31 bits per heavy atom. The van der Waals surface area contributed by atoms with Crippen molar-refractivity contribution in [3.63, 3.8) is 0 Å². The fourth-order valence-electron chi connectivity index (χ4n) is 4.79. The quantitative estimate of drug-likeness (QED) is 0.361. The number of benzene rings is 2. The van der Waals surface area contributed by atoms with Crippen LogP contribution in [0.5, 0.6) is 5.75 Å². The number of carbonyl (C=O) groups is 2. The molecule has 2 aromatic rings. The number of likely N-dealkylation sites (tertiary alicyclic amines) is 1. The van der Waals surface area contributed by atoms with E-state index < -0.39 is 42.3 Å². The van der Waals surface area contributed by atoms with Gasteiger partial charge < -0.3 is 10.1 Å². The first-order chi connectivity index (χ1) is 18.4. The van der Waals surface area contributed by atoms with Crippen LogP contribution in [0.15, 0.2) is 42.5 Å². The minimum absolute atomic E-state index is 0.00847. The Bertz CT molecular complexity index is 1160. The molecule has 0 unspecified atom stereocenters. The molecule has 0 bridgehead atoms.